The number of carbonyl (C=O) groups is 4. The van der Waals surface area contributed by atoms with Gasteiger partial charge in [0.1, 0.15) is 0 Å². The Bertz CT molecular complexity index is 1500. The molecular formula is C40H40O8. The van der Waals surface area contributed by atoms with E-state index in [4.69, 9.17) is 9.47 Å². The van der Waals surface area contributed by atoms with Crippen molar-refractivity contribution in [1.29, 1.82) is 0 Å². The molecule has 8 heteroatoms. The van der Waals surface area contributed by atoms with Gasteiger partial charge in [0.2, 0.25) is 0 Å². The highest BCUT2D eigenvalue weighted by Gasteiger charge is 2.59. The van der Waals surface area contributed by atoms with E-state index in [1.165, 1.54) is 40.6 Å². The van der Waals surface area contributed by atoms with Crippen LogP contribution in [-0.2, 0) is 38.1 Å². The van der Waals surface area contributed by atoms with Crippen LogP contribution in [0.25, 0.3) is 12.2 Å². The molecule has 1 saturated carbocycles. The largest absolute Gasteiger partial charge is 0.469 e. The van der Waals surface area contributed by atoms with Gasteiger partial charge in [-0.05, 0) is 34.4 Å². The molecule has 0 radical (unpaired) electrons. The molecule has 248 valence electrons. The number of ether oxygens (including phenoxy) is 4. The second-order valence-corrected chi connectivity index (χ2v) is 10.5. The first-order valence-electron chi connectivity index (χ1n) is 15.2. The minimum absolute atomic E-state index is 0.240. The molecule has 1 aliphatic carbocycles. The highest BCUT2D eigenvalue weighted by molar-refractivity contribution is 5.87. The fraction of sp³-hybridized carbons (Fsp3) is 0.200. The summed E-state index contributed by atoms with van der Waals surface area (Å²) in [6.07, 6.45) is 6.22. The van der Waals surface area contributed by atoms with Crippen molar-refractivity contribution < 1.29 is 38.1 Å². The fourth-order valence-corrected chi connectivity index (χ4v) is 5.38. The first kappa shape index (κ1) is 36.7. The third-order valence-corrected chi connectivity index (χ3v) is 7.69. The van der Waals surface area contributed by atoms with Crippen molar-refractivity contribution in [2.24, 2.45) is 11.8 Å². The molecule has 8 nitrogen and oxygen atoms in total. The van der Waals surface area contributed by atoms with Gasteiger partial charge in [-0.2, -0.15) is 0 Å². The molecule has 1 aliphatic rings. The van der Waals surface area contributed by atoms with Crippen LogP contribution in [0.3, 0.4) is 0 Å². The lowest BCUT2D eigenvalue weighted by Crippen LogP contribution is -2.51. The third-order valence-electron chi connectivity index (χ3n) is 7.69. The van der Waals surface area contributed by atoms with E-state index in [0.29, 0.717) is 0 Å². The summed E-state index contributed by atoms with van der Waals surface area (Å²) in [6, 6.07) is 38.4. The minimum atomic E-state index is -0.399. The third kappa shape index (κ3) is 10.7. The fourth-order valence-electron chi connectivity index (χ4n) is 5.38. The molecule has 4 aromatic carbocycles. The van der Waals surface area contributed by atoms with Crippen LogP contribution in [0.4, 0.5) is 0 Å². The van der Waals surface area contributed by atoms with E-state index in [1.807, 2.05) is 121 Å². The molecule has 0 saturated heterocycles. The zero-order valence-corrected chi connectivity index (χ0v) is 27.4. The van der Waals surface area contributed by atoms with Gasteiger partial charge in [0.25, 0.3) is 0 Å². The van der Waals surface area contributed by atoms with Gasteiger partial charge in [0.15, 0.2) is 0 Å². The Kier molecular flexibility index (Phi) is 15.1. The van der Waals surface area contributed by atoms with Crippen molar-refractivity contribution in [2.45, 2.75) is 11.8 Å². The molecule has 0 aromatic heterocycles. The normalized spacial score (nSPS) is 17.8. The molecule has 5 rings (SSSR count). The molecule has 0 atom stereocenters. The zero-order chi connectivity index (χ0) is 34.7. The summed E-state index contributed by atoms with van der Waals surface area (Å²) in [5.74, 6) is -2.53. The minimum Gasteiger partial charge on any atom is -0.469 e. The van der Waals surface area contributed by atoms with E-state index < -0.39 is 11.8 Å². The number of esters is 4. The van der Waals surface area contributed by atoms with E-state index in [1.54, 1.807) is 12.2 Å². The van der Waals surface area contributed by atoms with Crippen LogP contribution in [0.15, 0.2) is 133 Å². The number of rotatable bonds is 8. The molecule has 0 bridgehead atoms. The van der Waals surface area contributed by atoms with Crippen LogP contribution >= 0.6 is 0 Å². The lowest BCUT2D eigenvalue weighted by Gasteiger charge is -2.49. The van der Waals surface area contributed by atoms with Gasteiger partial charge in [0, 0.05) is 24.0 Å². The number of carbonyl (C=O) groups excluding carboxylic acids is 4. The smallest absolute Gasteiger partial charge is 0.330 e. The molecule has 48 heavy (non-hydrogen) atoms. The van der Waals surface area contributed by atoms with Gasteiger partial charge in [-0.25, -0.2) is 9.59 Å². The van der Waals surface area contributed by atoms with E-state index in [-0.39, 0.29) is 35.7 Å². The quantitative estimate of drug-likeness (QED) is 0.116. The van der Waals surface area contributed by atoms with E-state index in [9.17, 15) is 19.2 Å². The molecular weight excluding hydrogens is 608 g/mol. The first-order chi connectivity index (χ1) is 23.3. The van der Waals surface area contributed by atoms with Gasteiger partial charge in [-0.1, -0.05) is 121 Å². The molecule has 0 spiro atoms. The van der Waals surface area contributed by atoms with Crippen molar-refractivity contribution in [1.82, 2.24) is 0 Å². The maximum absolute atomic E-state index is 12.4. The Morgan fingerprint density at radius 3 is 1.00 bits per heavy atom. The number of methoxy groups -OCH3 is 4. The molecule has 0 N–H and O–H groups in total. The second kappa shape index (κ2) is 19.7. The summed E-state index contributed by atoms with van der Waals surface area (Å²) in [5, 5.41) is 0. The highest BCUT2D eigenvalue weighted by atomic mass is 16.5. The van der Waals surface area contributed by atoms with Crippen molar-refractivity contribution in [3.8, 4) is 0 Å². The van der Waals surface area contributed by atoms with Crippen LogP contribution in [-0.4, -0.2) is 52.3 Å². The maximum atomic E-state index is 12.4. The molecule has 4 aromatic rings. The molecule has 0 amide bonds. The summed E-state index contributed by atoms with van der Waals surface area (Å²) in [6.45, 7) is 0. The van der Waals surface area contributed by atoms with Crippen LogP contribution < -0.4 is 0 Å². The number of hydrogen-bond donors (Lipinski definition) is 0. The van der Waals surface area contributed by atoms with E-state index in [0.717, 1.165) is 22.3 Å². The summed E-state index contributed by atoms with van der Waals surface area (Å²) >= 11 is 0. The van der Waals surface area contributed by atoms with Crippen molar-refractivity contribution in [3.05, 3.63) is 156 Å². The van der Waals surface area contributed by atoms with Crippen LogP contribution in [0.2, 0.25) is 0 Å². The predicted octanol–water partition coefficient (Wildman–Crippen LogP) is 6.89. The van der Waals surface area contributed by atoms with E-state index in [2.05, 4.69) is 9.47 Å². The Labute approximate surface area is 281 Å². The Morgan fingerprint density at radius 1 is 0.438 bits per heavy atom. The topological polar surface area (TPSA) is 105 Å². The van der Waals surface area contributed by atoms with E-state index >= 15 is 0 Å². The van der Waals surface area contributed by atoms with Crippen LogP contribution in [0.5, 0.6) is 0 Å². The summed E-state index contributed by atoms with van der Waals surface area (Å²) in [4.78, 5) is 46.2. The van der Waals surface area contributed by atoms with Crippen molar-refractivity contribution in [3.63, 3.8) is 0 Å². The SMILES string of the molecule is COC(=O)/C=C/c1ccccc1.COC(=O)/C=C/c1ccccc1.COC(=O)C1C(c2ccccc2)C(C(=O)OC)C1c1ccccc1. The van der Waals surface area contributed by atoms with Gasteiger partial charge in [-0.3, -0.25) is 9.59 Å². The Balaban J connectivity index is 0.000000219. The van der Waals surface area contributed by atoms with Gasteiger partial charge < -0.3 is 18.9 Å². The summed E-state index contributed by atoms with van der Waals surface area (Å²) in [7, 11) is 5.49. The molecule has 0 unspecified atom stereocenters. The lowest BCUT2D eigenvalue weighted by atomic mass is 9.52. The number of benzene rings is 4. The molecule has 1 fully saturated rings. The highest BCUT2D eigenvalue weighted by Crippen LogP contribution is 2.58. The van der Waals surface area contributed by atoms with Gasteiger partial charge in [-0.15, -0.1) is 0 Å². The predicted molar refractivity (Wildman–Crippen MR) is 184 cm³/mol. The Morgan fingerprint density at radius 2 is 0.729 bits per heavy atom. The average molecular weight is 649 g/mol. The van der Waals surface area contributed by atoms with Gasteiger partial charge in [0.05, 0.1) is 40.3 Å². The van der Waals surface area contributed by atoms with Gasteiger partial charge >= 0.3 is 23.9 Å². The molecule has 0 heterocycles. The van der Waals surface area contributed by atoms with Crippen LogP contribution in [0.1, 0.15) is 34.1 Å². The molecule has 0 aliphatic heterocycles. The Hall–Kier alpha value is -5.76. The standard InChI is InChI=1S/C20H20O4.2C10H10O2/c1-23-19(21)17-15(13-9-5-3-6-10-13)18(20(22)24-2)16(17)14-11-7-4-8-12-14;2*1-12-10(11)8-7-9-5-3-2-4-6-9/h3-12,15-18H,1-2H3;2*2-8H,1H3/b;2*8-7+. The van der Waals surface area contributed by atoms with Crippen molar-refractivity contribution in [2.75, 3.05) is 28.4 Å². The van der Waals surface area contributed by atoms with Crippen molar-refractivity contribution >= 4 is 36.0 Å². The first-order valence-corrected chi connectivity index (χ1v) is 15.2. The zero-order valence-electron chi connectivity index (χ0n) is 27.4. The second-order valence-electron chi connectivity index (χ2n) is 10.5. The number of hydrogen-bond acceptors (Lipinski definition) is 8. The maximum Gasteiger partial charge on any atom is 0.330 e. The summed E-state index contributed by atoms with van der Waals surface area (Å²) < 4.78 is 18.9. The van der Waals surface area contributed by atoms with Crippen LogP contribution in [0, 0.1) is 11.8 Å². The average Bonchev–Trinajstić information content (AvgIpc) is 3.14. The lowest BCUT2D eigenvalue weighted by molar-refractivity contribution is -0.164. The summed E-state index contributed by atoms with van der Waals surface area (Å²) in [5.41, 5.74) is 3.89. The monoisotopic (exact) mass is 648 g/mol.